The van der Waals surface area contributed by atoms with Crippen molar-refractivity contribution in [2.24, 2.45) is 0 Å². The molecular formula is C13H19BrN2O4. The van der Waals surface area contributed by atoms with Crippen LogP contribution in [0.2, 0.25) is 0 Å². The van der Waals surface area contributed by atoms with Crippen LogP contribution in [-0.4, -0.2) is 30.9 Å². The minimum absolute atomic E-state index is 0.358. The molecule has 1 aromatic rings. The van der Waals surface area contributed by atoms with Crippen molar-refractivity contribution in [1.29, 1.82) is 0 Å². The molecule has 1 heterocycles. The molecule has 0 fully saturated rings. The summed E-state index contributed by atoms with van der Waals surface area (Å²) in [5.74, 6) is 0.358. The Bertz CT molecular complexity index is 470. The maximum atomic E-state index is 11.7. The third-order valence-electron chi connectivity index (χ3n) is 2.15. The lowest BCUT2D eigenvalue weighted by atomic mass is 10.2. The number of hydrogen-bond acceptors (Lipinski definition) is 5. The van der Waals surface area contributed by atoms with Gasteiger partial charge in [0.25, 0.3) is 0 Å². The number of carbonyl (C=O) groups is 1. The summed E-state index contributed by atoms with van der Waals surface area (Å²) < 4.78 is 16.2. The number of methoxy groups -OCH3 is 2. The quantitative estimate of drug-likeness (QED) is 0.845. The Kier molecular flexibility index (Phi) is 5.91. The number of aromatic nitrogens is 1. The molecule has 1 rings (SSSR count). The van der Waals surface area contributed by atoms with Crippen LogP contribution in [0.15, 0.2) is 16.6 Å². The zero-order chi connectivity index (χ0) is 15.3. The Balaban J connectivity index is 2.87. The molecule has 0 unspecified atom stereocenters. The Hall–Kier alpha value is -1.18. The van der Waals surface area contributed by atoms with Crippen LogP contribution in [0.4, 0.5) is 10.6 Å². The van der Waals surface area contributed by atoms with E-state index < -0.39 is 18.0 Å². The lowest BCUT2D eigenvalue weighted by Crippen LogP contribution is -2.27. The molecule has 1 aromatic heterocycles. The van der Waals surface area contributed by atoms with E-state index in [1.54, 1.807) is 32.9 Å². The molecule has 0 atom stereocenters. The molecule has 0 aliphatic carbocycles. The summed E-state index contributed by atoms with van der Waals surface area (Å²) in [6, 6.07) is 3.40. The first-order valence-corrected chi connectivity index (χ1v) is 6.78. The van der Waals surface area contributed by atoms with Crippen LogP contribution < -0.4 is 5.32 Å². The number of hydrogen-bond donors (Lipinski definition) is 1. The molecule has 6 nitrogen and oxygen atoms in total. The molecule has 20 heavy (non-hydrogen) atoms. The monoisotopic (exact) mass is 346 g/mol. The molecule has 1 amide bonds. The van der Waals surface area contributed by atoms with Crippen LogP contribution in [0.1, 0.15) is 32.8 Å². The second kappa shape index (κ2) is 7.01. The van der Waals surface area contributed by atoms with Crippen molar-refractivity contribution in [2.45, 2.75) is 32.7 Å². The van der Waals surface area contributed by atoms with E-state index in [1.807, 2.05) is 0 Å². The summed E-state index contributed by atoms with van der Waals surface area (Å²) in [6.45, 7) is 5.37. The highest BCUT2D eigenvalue weighted by Gasteiger charge is 2.19. The predicted octanol–water partition coefficient (Wildman–Crippen LogP) is 3.48. The van der Waals surface area contributed by atoms with Gasteiger partial charge in [0.05, 0.1) is 0 Å². The molecule has 0 saturated heterocycles. The van der Waals surface area contributed by atoms with E-state index in [0.29, 0.717) is 11.5 Å². The first-order chi connectivity index (χ1) is 9.26. The average molecular weight is 347 g/mol. The van der Waals surface area contributed by atoms with Gasteiger partial charge in [0, 0.05) is 18.7 Å². The summed E-state index contributed by atoms with van der Waals surface area (Å²) in [5.41, 5.74) is -0.0345. The molecule has 0 bridgehead atoms. The Morgan fingerprint density at radius 2 is 1.90 bits per heavy atom. The van der Waals surface area contributed by atoms with Crippen molar-refractivity contribution < 1.29 is 19.0 Å². The van der Waals surface area contributed by atoms with E-state index in [0.717, 1.165) is 4.47 Å². The van der Waals surface area contributed by atoms with Crippen LogP contribution in [0, 0.1) is 0 Å². The summed E-state index contributed by atoms with van der Waals surface area (Å²) in [4.78, 5) is 16.0. The van der Waals surface area contributed by atoms with Crippen molar-refractivity contribution in [3.63, 3.8) is 0 Å². The van der Waals surface area contributed by atoms with Crippen molar-refractivity contribution in [3.8, 4) is 0 Å². The number of ether oxygens (including phenoxy) is 3. The average Bonchev–Trinajstić information content (AvgIpc) is 2.32. The summed E-state index contributed by atoms with van der Waals surface area (Å²) in [7, 11) is 3.02. The van der Waals surface area contributed by atoms with Gasteiger partial charge in [-0.2, -0.15) is 0 Å². The van der Waals surface area contributed by atoms with Crippen LogP contribution in [0.3, 0.4) is 0 Å². The first-order valence-electron chi connectivity index (χ1n) is 5.99. The Morgan fingerprint density at radius 1 is 1.30 bits per heavy atom. The third-order valence-corrected chi connectivity index (χ3v) is 2.82. The van der Waals surface area contributed by atoms with Gasteiger partial charge in [0.15, 0.2) is 0 Å². The van der Waals surface area contributed by atoms with Gasteiger partial charge in [-0.25, -0.2) is 9.78 Å². The number of halogens is 1. The zero-order valence-corrected chi connectivity index (χ0v) is 13.8. The molecule has 112 valence electrons. The minimum Gasteiger partial charge on any atom is -0.444 e. The van der Waals surface area contributed by atoms with Crippen LogP contribution >= 0.6 is 15.9 Å². The SMILES string of the molecule is COC(OC)c1nc(NC(=O)OC(C)(C)C)ccc1Br. The second-order valence-corrected chi connectivity index (χ2v) is 5.85. The predicted molar refractivity (Wildman–Crippen MR) is 78.6 cm³/mol. The fourth-order valence-corrected chi connectivity index (χ4v) is 1.83. The summed E-state index contributed by atoms with van der Waals surface area (Å²) in [6.07, 6.45) is -1.19. The van der Waals surface area contributed by atoms with E-state index in [4.69, 9.17) is 14.2 Å². The van der Waals surface area contributed by atoms with Gasteiger partial charge in [-0.3, -0.25) is 5.32 Å². The van der Waals surface area contributed by atoms with Crippen molar-refractivity contribution in [3.05, 3.63) is 22.3 Å². The highest BCUT2D eigenvalue weighted by molar-refractivity contribution is 9.10. The summed E-state index contributed by atoms with van der Waals surface area (Å²) in [5, 5.41) is 2.56. The number of carbonyl (C=O) groups excluding carboxylic acids is 1. The summed E-state index contributed by atoms with van der Waals surface area (Å²) >= 11 is 3.36. The number of pyridine rings is 1. The third kappa shape index (κ3) is 5.07. The van der Waals surface area contributed by atoms with E-state index in [9.17, 15) is 4.79 Å². The molecule has 0 aliphatic heterocycles. The number of amides is 1. The molecule has 0 saturated carbocycles. The van der Waals surface area contributed by atoms with Gasteiger partial charge in [0.2, 0.25) is 6.29 Å². The van der Waals surface area contributed by atoms with Gasteiger partial charge in [0.1, 0.15) is 17.1 Å². The number of rotatable bonds is 4. The smallest absolute Gasteiger partial charge is 0.413 e. The Morgan fingerprint density at radius 3 is 2.40 bits per heavy atom. The molecule has 0 radical (unpaired) electrons. The zero-order valence-electron chi connectivity index (χ0n) is 12.2. The molecule has 0 aromatic carbocycles. The number of anilines is 1. The highest BCUT2D eigenvalue weighted by atomic mass is 79.9. The van der Waals surface area contributed by atoms with Gasteiger partial charge in [-0.1, -0.05) is 0 Å². The van der Waals surface area contributed by atoms with Gasteiger partial charge < -0.3 is 14.2 Å². The molecule has 7 heteroatoms. The fourth-order valence-electron chi connectivity index (χ4n) is 1.42. The maximum Gasteiger partial charge on any atom is 0.413 e. The van der Waals surface area contributed by atoms with Crippen molar-refractivity contribution in [1.82, 2.24) is 4.98 Å². The van der Waals surface area contributed by atoms with E-state index in [1.165, 1.54) is 14.2 Å². The van der Waals surface area contributed by atoms with Gasteiger partial charge in [-0.05, 0) is 48.8 Å². The van der Waals surface area contributed by atoms with E-state index in [-0.39, 0.29) is 0 Å². The lowest BCUT2D eigenvalue weighted by Gasteiger charge is -2.20. The second-order valence-electron chi connectivity index (χ2n) is 4.99. The normalized spacial score (nSPS) is 11.6. The largest absolute Gasteiger partial charge is 0.444 e. The highest BCUT2D eigenvalue weighted by Crippen LogP contribution is 2.26. The van der Waals surface area contributed by atoms with Crippen molar-refractivity contribution in [2.75, 3.05) is 19.5 Å². The lowest BCUT2D eigenvalue weighted by molar-refractivity contribution is -0.109. The van der Waals surface area contributed by atoms with Crippen LogP contribution in [0.25, 0.3) is 0 Å². The number of nitrogens with zero attached hydrogens (tertiary/aromatic N) is 1. The molecular weight excluding hydrogens is 328 g/mol. The van der Waals surface area contributed by atoms with Gasteiger partial charge >= 0.3 is 6.09 Å². The van der Waals surface area contributed by atoms with Crippen molar-refractivity contribution >= 4 is 27.8 Å². The van der Waals surface area contributed by atoms with E-state index in [2.05, 4.69) is 26.2 Å². The fraction of sp³-hybridized carbons (Fsp3) is 0.538. The van der Waals surface area contributed by atoms with E-state index >= 15 is 0 Å². The minimum atomic E-state index is -0.621. The molecule has 0 spiro atoms. The Labute approximate surface area is 126 Å². The number of nitrogens with one attached hydrogen (secondary N) is 1. The molecule has 0 aliphatic rings. The standard InChI is InChI=1S/C13H19BrN2O4/c1-13(2,3)20-12(17)16-9-7-6-8(14)10(15-9)11(18-4)19-5/h6-7,11H,1-5H3,(H,15,16,17). The molecule has 1 N–H and O–H groups in total. The van der Waals surface area contributed by atoms with Gasteiger partial charge in [-0.15, -0.1) is 0 Å². The van der Waals surface area contributed by atoms with Crippen LogP contribution in [0.5, 0.6) is 0 Å². The van der Waals surface area contributed by atoms with Crippen LogP contribution in [-0.2, 0) is 14.2 Å². The topological polar surface area (TPSA) is 69.7 Å². The maximum absolute atomic E-state index is 11.7. The first kappa shape index (κ1) is 16.9.